The molecule has 2 N–H and O–H groups in total. The second-order valence-electron chi connectivity index (χ2n) is 12.6. The molecule has 1 amide bonds. The van der Waals surface area contributed by atoms with Crippen LogP contribution in [0.2, 0.25) is 10.2 Å². The van der Waals surface area contributed by atoms with Crippen molar-refractivity contribution in [3.63, 3.8) is 0 Å². The number of nitrogens with one attached hydrogen (secondary N) is 1. The highest BCUT2D eigenvalue weighted by molar-refractivity contribution is 6.31. The molecule has 1 aliphatic heterocycles. The molecule has 0 saturated heterocycles. The highest BCUT2D eigenvalue weighted by Gasteiger charge is 2.25. The van der Waals surface area contributed by atoms with E-state index in [1.54, 1.807) is 46.0 Å². The zero-order valence-electron chi connectivity index (χ0n) is 29.4. The van der Waals surface area contributed by atoms with E-state index in [0.29, 0.717) is 97.9 Å². The van der Waals surface area contributed by atoms with Crippen LogP contribution in [0.3, 0.4) is 0 Å². The molecule has 0 spiro atoms. The minimum absolute atomic E-state index is 0.0500. The van der Waals surface area contributed by atoms with Gasteiger partial charge < -0.3 is 24.6 Å². The lowest BCUT2D eigenvalue weighted by molar-refractivity contribution is -0.138. The van der Waals surface area contributed by atoms with E-state index in [4.69, 9.17) is 52.5 Å². The molecule has 0 radical (unpaired) electrons. The van der Waals surface area contributed by atoms with Gasteiger partial charge in [-0.2, -0.15) is 5.10 Å². The molecular formula is C36H39Cl2N9O7. The van der Waals surface area contributed by atoms with Gasteiger partial charge in [0.2, 0.25) is 5.91 Å². The molecule has 1 aromatic carbocycles. The van der Waals surface area contributed by atoms with E-state index in [-0.39, 0.29) is 35.6 Å². The third-order valence-electron chi connectivity index (χ3n) is 8.83. The van der Waals surface area contributed by atoms with Crippen molar-refractivity contribution in [2.45, 2.75) is 45.2 Å². The minimum Gasteiger partial charge on any atom is -0.481 e. The smallest absolute Gasteiger partial charge is 0.305 e. The number of hydrogen-bond donors (Lipinski definition) is 2. The number of fused-ring (bicyclic) bond motifs is 4. The monoisotopic (exact) mass is 779 g/mol. The fraction of sp³-hybridized carbons (Fsp3) is 0.389. The van der Waals surface area contributed by atoms with Crippen molar-refractivity contribution >= 4 is 40.8 Å². The quantitative estimate of drug-likeness (QED) is 0.137. The third-order valence-corrected chi connectivity index (χ3v) is 9.23. The number of amides is 1. The first-order valence-electron chi connectivity index (χ1n) is 17.4. The molecule has 1 unspecified atom stereocenters. The van der Waals surface area contributed by atoms with E-state index in [9.17, 15) is 14.4 Å². The molecule has 6 rings (SSSR count). The molecule has 5 aromatic rings. The highest BCUT2D eigenvalue weighted by Crippen LogP contribution is 2.33. The lowest BCUT2D eigenvalue weighted by atomic mass is 9.97. The van der Waals surface area contributed by atoms with Crippen molar-refractivity contribution < 1.29 is 28.9 Å². The van der Waals surface area contributed by atoms with Crippen LogP contribution in [0.25, 0.3) is 28.2 Å². The Morgan fingerprint density at radius 3 is 2.50 bits per heavy atom. The second kappa shape index (κ2) is 18.4. The van der Waals surface area contributed by atoms with E-state index < -0.39 is 12.0 Å². The second-order valence-corrected chi connectivity index (χ2v) is 13.4. The first-order valence-corrected chi connectivity index (χ1v) is 18.2. The van der Waals surface area contributed by atoms with Gasteiger partial charge in [-0.3, -0.25) is 28.6 Å². The van der Waals surface area contributed by atoms with E-state index in [1.807, 2.05) is 19.1 Å². The summed E-state index contributed by atoms with van der Waals surface area (Å²) in [6.45, 7) is 4.03. The Balaban J connectivity index is 1.22. The van der Waals surface area contributed by atoms with Crippen molar-refractivity contribution in [3.8, 4) is 28.2 Å². The van der Waals surface area contributed by atoms with E-state index in [2.05, 4.69) is 20.7 Å². The summed E-state index contributed by atoms with van der Waals surface area (Å²) in [5.41, 5.74) is 3.91. The van der Waals surface area contributed by atoms with Crippen LogP contribution in [0, 0.1) is 5.92 Å². The van der Waals surface area contributed by atoms with Crippen LogP contribution in [0.4, 0.5) is 5.69 Å². The first-order chi connectivity index (χ1) is 26.2. The van der Waals surface area contributed by atoms with E-state index in [0.717, 1.165) is 5.56 Å². The summed E-state index contributed by atoms with van der Waals surface area (Å²) in [7, 11) is 0. The standard InChI is InChI=1S/C36H39Cl2N9O7/c1-23-3-2-4-31(45-22-40-27(19-33(45)48)26-18-25(37)5-6-30(26)47-21-32(38)43-44-47)28-17-24(7-9-39-28)35-29(42-36(23)51)20-41-46(35)10-12-53-14-16-54-15-13-52-11-8-34(49)50/h5-7,9,17-23,31H,2-4,8,10-16H2,1H3,(H,42,51)(H,49,50)/t23?,31-/m0/s1. The predicted molar refractivity (Wildman–Crippen MR) is 199 cm³/mol. The molecule has 1 aliphatic rings. The van der Waals surface area contributed by atoms with Gasteiger partial charge in [0.15, 0.2) is 5.15 Å². The van der Waals surface area contributed by atoms with Gasteiger partial charge in [0, 0.05) is 34.3 Å². The van der Waals surface area contributed by atoms with Crippen LogP contribution in [0.15, 0.2) is 66.1 Å². The number of carboxylic acid groups (broad SMARTS) is 1. The van der Waals surface area contributed by atoms with Crippen LogP contribution in [0.1, 0.15) is 44.3 Å². The maximum Gasteiger partial charge on any atom is 0.305 e. The summed E-state index contributed by atoms with van der Waals surface area (Å²) in [6, 6.07) is 9.89. The Bertz CT molecular complexity index is 2140. The number of hydrogen-bond acceptors (Lipinski definition) is 11. The zero-order chi connectivity index (χ0) is 38.0. The minimum atomic E-state index is -0.908. The van der Waals surface area contributed by atoms with Crippen molar-refractivity contribution in [2.24, 2.45) is 5.92 Å². The molecule has 2 bridgehead atoms. The lowest BCUT2D eigenvalue weighted by Crippen LogP contribution is -2.27. The molecule has 5 heterocycles. The molecule has 54 heavy (non-hydrogen) atoms. The molecule has 2 atom stereocenters. The van der Waals surface area contributed by atoms with Gasteiger partial charge in [0.1, 0.15) is 0 Å². The summed E-state index contributed by atoms with van der Waals surface area (Å²) in [4.78, 5) is 47.2. The predicted octanol–water partition coefficient (Wildman–Crippen LogP) is 4.93. The molecule has 16 nitrogen and oxygen atoms in total. The Morgan fingerprint density at radius 2 is 1.76 bits per heavy atom. The number of anilines is 1. The fourth-order valence-electron chi connectivity index (χ4n) is 6.08. The summed E-state index contributed by atoms with van der Waals surface area (Å²) < 4.78 is 21.3. The van der Waals surface area contributed by atoms with Crippen LogP contribution in [-0.4, -0.2) is 95.9 Å². The molecule has 0 saturated carbocycles. The number of nitrogens with zero attached hydrogens (tertiary/aromatic N) is 8. The molecular weight excluding hydrogens is 741 g/mol. The lowest BCUT2D eigenvalue weighted by Gasteiger charge is -2.22. The van der Waals surface area contributed by atoms with Crippen LogP contribution >= 0.6 is 23.2 Å². The van der Waals surface area contributed by atoms with Gasteiger partial charge in [0.25, 0.3) is 5.56 Å². The Kier molecular flexibility index (Phi) is 13.2. The summed E-state index contributed by atoms with van der Waals surface area (Å²) in [5.74, 6) is -1.34. The van der Waals surface area contributed by atoms with Gasteiger partial charge in [0.05, 0.1) is 106 Å². The molecule has 4 aromatic heterocycles. The number of pyridine rings is 1. The first kappa shape index (κ1) is 38.7. The number of benzene rings is 1. The van der Waals surface area contributed by atoms with E-state index in [1.165, 1.54) is 17.1 Å². The van der Waals surface area contributed by atoms with E-state index >= 15 is 0 Å². The highest BCUT2D eigenvalue weighted by atomic mass is 35.5. The third kappa shape index (κ3) is 9.75. The van der Waals surface area contributed by atoms with Crippen LogP contribution < -0.4 is 10.9 Å². The molecule has 0 fully saturated rings. The average molecular weight is 781 g/mol. The van der Waals surface area contributed by atoms with Crippen LogP contribution in [0.5, 0.6) is 0 Å². The summed E-state index contributed by atoms with van der Waals surface area (Å²) in [6.07, 6.45) is 8.09. The largest absolute Gasteiger partial charge is 0.481 e. The maximum absolute atomic E-state index is 13.9. The number of carbonyl (C=O) groups excluding carboxylic acids is 1. The Morgan fingerprint density at radius 1 is 0.981 bits per heavy atom. The van der Waals surface area contributed by atoms with Gasteiger partial charge in [-0.15, -0.1) is 5.10 Å². The average Bonchev–Trinajstić information content (AvgIpc) is 3.77. The normalized spacial score (nSPS) is 15.9. The van der Waals surface area contributed by atoms with Crippen molar-refractivity contribution in [3.05, 3.63) is 87.5 Å². The topological polar surface area (TPSA) is 190 Å². The van der Waals surface area contributed by atoms with Crippen molar-refractivity contribution in [1.29, 1.82) is 0 Å². The van der Waals surface area contributed by atoms with Crippen molar-refractivity contribution in [1.82, 2.24) is 39.3 Å². The number of rotatable bonds is 15. The number of aliphatic carboxylic acids is 1. The maximum atomic E-state index is 13.9. The summed E-state index contributed by atoms with van der Waals surface area (Å²) in [5, 5.41) is 24.9. The zero-order valence-corrected chi connectivity index (χ0v) is 30.9. The Labute approximate surface area is 320 Å². The van der Waals surface area contributed by atoms with Crippen molar-refractivity contribution in [2.75, 3.05) is 45.0 Å². The number of carboxylic acids is 1. The number of aromatic nitrogens is 8. The van der Waals surface area contributed by atoms with Gasteiger partial charge in [-0.1, -0.05) is 41.8 Å². The molecule has 0 aliphatic carbocycles. The number of carbonyl (C=O) groups is 2. The SMILES string of the molecule is CC1CCC[C@H](n2cnc(-c3cc(Cl)ccc3-n3cc(Cl)nn3)cc2=O)c2cc(ccn2)-c2c(cnn2CCOCCOCCOCCC(=O)O)NC1=O. The fourth-order valence-corrected chi connectivity index (χ4v) is 6.38. The Hall–Kier alpha value is -5.00. The van der Waals surface area contributed by atoms with Gasteiger partial charge >= 0.3 is 5.97 Å². The number of halogens is 2. The van der Waals surface area contributed by atoms with Gasteiger partial charge in [-0.25, -0.2) is 9.67 Å². The number of ether oxygens (including phenoxy) is 3. The van der Waals surface area contributed by atoms with Gasteiger partial charge in [-0.05, 0) is 43.2 Å². The van der Waals surface area contributed by atoms with Crippen LogP contribution in [-0.2, 0) is 30.3 Å². The molecule has 18 heteroatoms. The molecule has 284 valence electrons. The summed E-state index contributed by atoms with van der Waals surface area (Å²) >= 11 is 12.4.